The third-order valence-electron chi connectivity index (χ3n) is 5.09. The predicted octanol–water partition coefficient (Wildman–Crippen LogP) is 2.45. The summed E-state index contributed by atoms with van der Waals surface area (Å²) in [6.07, 6.45) is 5.88. The van der Waals surface area contributed by atoms with Gasteiger partial charge < -0.3 is 4.52 Å². The normalized spacial score (nSPS) is 17.3. The van der Waals surface area contributed by atoms with Crippen molar-refractivity contribution in [2.75, 3.05) is 12.0 Å². The average molecular weight is 443 g/mol. The van der Waals surface area contributed by atoms with Crippen LogP contribution in [0.1, 0.15) is 36.5 Å². The van der Waals surface area contributed by atoms with Crippen molar-refractivity contribution in [3.63, 3.8) is 0 Å². The van der Waals surface area contributed by atoms with Gasteiger partial charge in [0, 0.05) is 36.1 Å². The van der Waals surface area contributed by atoms with Gasteiger partial charge in [-0.25, -0.2) is 13.8 Å². The lowest BCUT2D eigenvalue weighted by atomic mass is 10.1. The van der Waals surface area contributed by atoms with E-state index in [2.05, 4.69) is 26.0 Å². The second-order valence-corrected chi connectivity index (χ2v) is 9.12. The highest BCUT2D eigenvalue weighted by molar-refractivity contribution is 7.89. The molecule has 1 aromatic carbocycles. The number of hydrazine groups is 1. The lowest BCUT2D eigenvalue weighted by molar-refractivity contribution is 0.0961. The highest BCUT2D eigenvalue weighted by atomic mass is 32.2. The molecule has 1 amide bonds. The van der Waals surface area contributed by atoms with Crippen molar-refractivity contribution in [1.82, 2.24) is 24.9 Å². The number of piperidine rings is 1. The first kappa shape index (κ1) is 20.9. The fraction of sp³-hybridized carbons (Fsp3) is 0.300. The van der Waals surface area contributed by atoms with Crippen molar-refractivity contribution in [1.29, 1.82) is 0 Å². The highest BCUT2D eigenvalue weighted by Crippen LogP contribution is 2.25. The van der Waals surface area contributed by atoms with E-state index in [0.29, 0.717) is 17.9 Å². The number of sulfonamides is 1. The molecule has 2 aromatic heterocycles. The Balaban J connectivity index is 1.45. The maximum absolute atomic E-state index is 13.0. The smallest absolute Gasteiger partial charge is 0.313 e. The number of hydrogen-bond donors (Lipinski definition) is 2. The molecule has 1 aliphatic rings. The lowest BCUT2D eigenvalue weighted by Gasteiger charge is -2.32. The number of rotatable bonds is 6. The standard InChI is InChI=1S/C20H22N6O4S/c1-14-5-2-3-12-26(14)31(28,29)17-7-4-6-16(13-17)19(27)23-24-20-22-18(25-30-20)15-8-10-21-11-9-15/h4,6-11,13-14H,2-3,5,12H2,1H3,(H,23,27)(H,22,24,25). The minimum Gasteiger partial charge on any atom is -0.313 e. The van der Waals surface area contributed by atoms with E-state index in [1.165, 1.54) is 22.5 Å². The molecule has 2 N–H and O–H groups in total. The topological polar surface area (TPSA) is 130 Å². The highest BCUT2D eigenvalue weighted by Gasteiger charge is 2.31. The van der Waals surface area contributed by atoms with Crippen LogP contribution in [-0.4, -0.2) is 46.3 Å². The Labute approximate surface area is 179 Å². The molecule has 0 saturated carbocycles. The van der Waals surface area contributed by atoms with E-state index in [-0.39, 0.29) is 22.5 Å². The van der Waals surface area contributed by atoms with Crippen molar-refractivity contribution in [3.8, 4) is 11.4 Å². The Morgan fingerprint density at radius 3 is 2.77 bits per heavy atom. The van der Waals surface area contributed by atoms with Gasteiger partial charge in [0.2, 0.25) is 15.8 Å². The van der Waals surface area contributed by atoms with Crippen LogP contribution in [0.25, 0.3) is 11.4 Å². The summed E-state index contributed by atoms with van der Waals surface area (Å²) >= 11 is 0. The van der Waals surface area contributed by atoms with Crippen molar-refractivity contribution in [2.24, 2.45) is 0 Å². The van der Waals surface area contributed by atoms with Crippen LogP contribution in [-0.2, 0) is 10.0 Å². The fourth-order valence-electron chi connectivity index (χ4n) is 3.44. The monoisotopic (exact) mass is 442 g/mol. The summed E-state index contributed by atoms with van der Waals surface area (Å²) in [5, 5.41) is 3.83. The number of nitrogens with zero attached hydrogens (tertiary/aromatic N) is 4. The summed E-state index contributed by atoms with van der Waals surface area (Å²) < 4.78 is 32.6. The van der Waals surface area contributed by atoms with Crippen molar-refractivity contribution in [3.05, 3.63) is 54.4 Å². The fourth-order valence-corrected chi connectivity index (χ4v) is 5.18. The Morgan fingerprint density at radius 1 is 1.19 bits per heavy atom. The van der Waals surface area contributed by atoms with Crippen molar-refractivity contribution < 1.29 is 17.7 Å². The number of benzene rings is 1. The van der Waals surface area contributed by atoms with E-state index >= 15 is 0 Å². The first-order valence-corrected chi connectivity index (χ1v) is 11.3. The van der Waals surface area contributed by atoms with E-state index in [1.807, 2.05) is 6.92 Å². The summed E-state index contributed by atoms with van der Waals surface area (Å²) in [4.78, 5) is 20.7. The van der Waals surface area contributed by atoms with E-state index in [9.17, 15) is 13.2 Å². The number of hydrogen-bond acceptors (Lipinski definition) is 8. The largest absolute Gasteiger partial charge is 0.340 e. The van der Waals surface area contributed by atoms with Crippen LogP contribution in [0.5, 0.6) is 0 Å². The number of nitrogens with one attached hydrogen (secondary N) is 2. The Hall–Kier alpha value is -3.31. The van der Waals surface area contributed by atoms with Gasteiger partial charge in [-0.1, -0.05) is 17.6 Å². The maximum atomic E-state index is 13.0. The van der Waals surface area contributed by atoms with Crippen LogP contribution in [0.3, 0.4) is 0 Å². The molecule has 1 atom stereocenters. The number of pyridine rings is 1. The molecule has 1 unspecified atom stereocenters. The summed E-state index contributed by atoms with van der Waals surface area (Å²) in [6.45, 7) is 2.39. The zero-order valence-corrected chi connectivity index (χ0v) is 17.7. The number of aromatic nitrogens is 3. The van der Waals surface area contributed by atoms with Crippen LogP contribution in [0.2, 0.25) is 0 Å². The van der Waals surface area contributed by atoms with E-state index in [1.54, 1.807) is 30.6 Å². The summed E-state index contributed by atoms with van der Waals surface area (Å²) in [5.74, 6) is -0.199. The number of carbonyl (C=O) groups is 1. The maximum Gasteiger partial charge on any atom is 0.340 e. The van der Waals surface area contributed by atoms with Gasteiger partial charge in [0.05, 0.1) is 4.90 Å². The second kappa shape index (κ2) is 8.82. The number of carbonyl (C=O) groups excluding carboxylic acids is 1. The van der Waals surface area contributed by atoms with Crippen LogP contribution in [0, 0.1) is 0 Å². The molecule has 11 heteroatoms. The zero-order valence-electron chi connectivity index (χ0n) is 16.9. The molecule has 3 aromatic rings. The van der Waals surface area contributed by atoms with E-state index < -0.39 is 15.9 Å². The van der Waals surface area contributed by atoms with E-state index in [4.69, 9.17) is 4.52 Å². The zero-order chi connectivity index (χ0) is 21.8. The minimum atomic E-state index is -3.67. The molecular formula is C20H22N6O4S. The first-order chi connectivity index (χ1) is 14.9. The van der Waals surface area contributed by atoms with Gasteiger partial charge in [-0.3, -0.25) is 15.2 Å². The molecule has 0 bridgehead atoms. The van der Waals surface area contributed by atoms with Gasteiger partial charge in [-0.2, -0.15) is 9.29 Å². The molecule has 4 rings (SSSR count). The Bertz CT molecular complexity index is 1170. The molecule has 1 fully saturated rings. The third kappa shape index (κ3) is 4.57. The third-order valence-corrected chi connectivity index (χ3v) is 7.10. The van der Waals surface area contributed by atoms with Gasteiger partial charge in [-0.05, 0) is 50.1 Å². The van der Waals surface area contributed by atoms with Crippen LogP contribution < -0.4 is 10.9 Å². The lowest BCUT2D eigenvalue weighted by Crippen LogP contribution is -2.42. The molecule has 0 spiro atoms. The van der Waals surface area contributed by atoms with Crippen LogP contribution in [0.15, 0.2) is 58.2 Å². The predicted molar refractivity (Wildman–Crippen MR) is 112 cm³/mol. The summed E-state index contributed by atoms with van der Waals surface area (Å²) in [7, 11) is -3.67. The summed E-state index contributed by atoms with van der Waals surface area (Å²) in [5.41, 5.74) is 5.89. The first-order valence-electron chi connectivity index (χ1n) is 9.87. The molecule has 10 nitrogen and oxygen atoms in total. The van der Waals surface area contributed by atoms with Gasteiger partial charge in [0.25, 0.3) is 5.91 Å². The average Bonchev–Trinajstić information content (AvgIpc) is 3.27. The molecular weight excluding hydrogens is 420 g/mol. The van der Waals surface area contributed by atoms with Crippen LogP contribution in [0.4, 0.5) is 6.01 Å². The van der Waals surface area contributed by atoms with Gasteiger partial charge in [0.1, 0.15) is 0 Å². The molecule has 1 aliphatic heterocycles. The Morgan fingerprint density at radius 2 is 2.00 bits per heavy atom. The van der Waals surface area contributed by atoms with Gasteiger partial charge in [0.15, 0.2) is 0 Å². The molecule has 1 saturated heterocycles. The molecule has 0 aliphatic carbocycles. The molecule has 3 heterocycles. The minimum absolute atomic E-state index is 0.00826. The van der Waals surface area contributed by atoms with Crippen molar-refractivity contribution in [2.45, 2.75) is 37.1 Å². The summed E-state index contributed by atoms with van der Waals surface area (Å²) in [6, 6.07) is 9.32. The van der Waals surface area contributed by atoms with Gasteiger partial charge >= 0.3 is 6.01 Å². The van der Waals surface area contributed by atoms with Crippen molar-refractivity contribution >= 4 is 21.9 Å². The second-order valence-electron chi connectivity index (χ2n) is 7.23. The SMILES string of the molecule is CC1CCCCN1S(=O)(=O)c1cccc(C(=O)NNc2nc(-c3ccncc3)no2)c1. The number of amides is 1. The Kier molecular flexibility index (Phi) is 5.96. The van der Waals surface area contributed by atoms with Crippen LogP contribution >= 0.6 is 0 Å². The number of anilines is 1. The van der Waals surface area contributed by atoms with E-state index in [0.717, 1.165) is 19.3 Å². The quantitative estimate of drug-likeness (QED) is 0.557. The van der Waals surface area contributed by atoms with Gasteiger partial charge in [-0.15, -0.1) is 0 Å². The molecule has 31 heavy (non-hydrogen) atoms. The molecule has 162 valence electrons. The molecule has 0 radical (unpaired) electrons.